The van der Waals surface area contributed by atoms with Crippen LogP contribution in [-0.2, 0) is 4.79 Å². The minimum absolute atomic E-state index is 0.0718. The predicted molar refractivity (Wildman–Crippen MR) is 49.3 cm³/mol. The Balaban J connectivity index is 0.000000461. The zero-order valence-electron chi connectivity index (χ0n) is 7.42. The van der Waals surface area contributed by atoms with Crippen molar-refractivity contribution in [1.29, 1.82) is 0 Å². The van der Waals surface area contributed by atoms with Crippen molar-refractivity contribution in [3.63, 3.8) is 0 Å². The molecule has 1 fully saturated rings. The van der Waals surface area contributed by atoms with E-state index in [2.05, 4.69) is 0 Å². The van der Waals surface area contributed by atoms with E-state index in [4.69, 9.17) is 12.2 Å². The Labute approximate surface area is 73.0 Å². The largest absolute Gasteiger partial charge is 0.343 e. The average Bonchev–Trinajstić information content (AvgIpc) is 2.22. The van der Waals surface area contributed by atoms with Crippen molar-refractivity contribution in [1.82, 2.24) is 9.80 Å². The normalized spacial score (nSPS) is 16.7. The third-order valence-corrected chi connectivity index (χ3v) is 1.95. The first-order valence-corrected chi connectivity index (χ1v) is 4.05. The molecule has 0 aromatic rings. The van der Waals surface area contributed by atoms with Gasteiger partial charge in [-0.15, -0.1) is 0 Å². The monoisotopic (exact) mass is 174 g/mol. The summed E-state index contributed by atoms with van der Waals surface area (Å²) in [5.41, 5.74) is 0. The number of carbonyl (C=O) groups is 1. The van der Waals surface area contributed by atoms with Crippen molar-refractivity contribution >= 4 is 23.2 Å². The SMILES string of the molecule is CC.CN1CC(=O)N(C)C1=S. The molecule has 0 bridgehead atoms. The van der Waals surface area contributed by atoms with Gasteiger partial charge < -0.3 is 4.90 Å². The van der Waals surface area contributed by atoms with Crippen molar-refractivity contribution < 1.29 is 4.79 Å². The van der Waals surface area contributed by atoms with E-state index in [1.54, 1.807) is 11.9 Å². The van der Waals surface area contributed by atoms with Crippen LogP contribution in [0, 0.1) is 0 Å². The standard InChI is InChI=1S/C5H8N2OS.C2H6/c1-6-3-4(8)7(2)5(6)9;1-2/h3H2,1-2H3;1-2H3. The fourth-order valence-corrected chi connectivity index (χ4v) is 0.906. The molecule has 0 radical (unpaired) electrons. The second-order valence-electron chi connectivity index (χ2n) is 2.09. The molecular weight excluding hydrogens is 160 g/mol. The van der Waals surface area contributed by atoms with Crippen LogP contribution < -0.4 is 0 Å². The second kappa shape index (κ2) is 4.28. The highest BCUT2D eigenvalue weighted by molar-refractivity contribution is 7.80. The van der Waals surface area contributed by atoms with Gasteiger partial charge in [-0.25, -0.2) is 0 Å². The summed E-state index contributed by atoms with van der Waals surface area (Å²) in [6.07, 6.45) is 0. The van der Waals surface area contributed by atoms with Crippen molar-refractivity contribution in [2.45, 2.75) is 13.8 Å². The van der Waals surface area contributed by atoms with Gasteiger partial charge in [-0.1, -0.05) is 13.8 Å². The minimum Gasteiger partial charge on any atom is -0.343 e. The van der Waals surface area contributed by atoms with Gasteiger partial charge in [0.25, 0.3) is 0 Å². The van der Waals surface area contributed by atoms with Crippen molar-refractivity contribution in [2.75, 3.05) is 20.6 Å². The van der Waals surface area contributed by atoms with Gasteiger partial charge >= 0.3 is 0 Å². The van der Waals surface area contributed by atoms with Gasteiger partial charge in [0.05, 0.1) is 6.54 Å². The van der Waals surface area contributed by atoms with E-state index in [1.165, 1.54) is 4.90 Å². The zero-order chi connectivity index (χ0) is 9.02. The van der Waals surface area contributed by atoms with Crippen LogP contribution in [-0.4, -0.2) is 41.5 Å². The highest BCUT2D eigenvalue weighted by Crippen LogP contribution is 2.03. The quantitative estimate of drug-likeness (QED) is 0.505. The summed E-state index contributed by atoms with van der Waals surface area (Å²) >= 11 is 4.87. The minimum atomic E-state index is 0.0718. The Kier molecular flexibility index (Phi) is 4.03. The highest BCUT2D eigenvalue weighted by Gasteiger charge is 2.25. The summed E-state index contributed by atoms with van der Waals surface area (Å²) in [6.45, 7) is 4.43. The molecule has 64 valence electrons. The van der Waals surface area contributed by atoms with Gasteiger partial charge in [0.1, 0.15) is 0 Å². The molecule has 3 nitrogen and oxygen atoms in total. The summed E-state index contributed by atoms with van der Waals surface area (Å²) in [5.74, 6) is 0.0718. The fraction of sp³-hybridized carbons (Fsp3) is 0.714. The Bertz CT molecular complexity index is 170. The van der Waals surface area contributed by atoms with Gasteiger partial charge in [-0.2, -0.15) is 0 Å². The number of rotatable bonds is 0. The van der Waals surface area contributed by atoms with E-state index >= 15 is 0 Å². The molecule has 1 aliphatic heterocycles. The number of carbonyl (C=O) groups excluding carboxylic acids is 1. The van der Waals surface area contributed by atoms with Gasteiger partial charge in [0, 0.05) is 14.1 Å². The fourth-order valence-electron chi connectivity index (χ4n) is 0.739. The molecule has 0 aromatic heterocycles. The molecule has 0 saturated carbocycles. The topological polar surface area (TPSA) is 23.6 Å². The van der Waals surface area contributed by atoms with Crippen molar-refractivity contribution in [3.8, 4) is 0 Å². The van der Waals surface area contributed by atoms with Crippen molar-refractivity contribution in [2.24, 2.45) is 0 Å². The lowest BCUT2D eigenvalue weighted by molar-refractivity contribution is -0.124. The highest BCUT2D eigenvalue weighted by atomic mass is 32.1. The summed E-state index contributed by atoms with van der Waals surface area (Å²) < 4.78 is 0. The lowest BCUT2D eigenvalue weighted by Gasteiger charge is -2.09. The molecule has 11 heavy (non-hydrogen) atoms. The number of hydrogen-bond acceptors (Lipinski definition) is 2. The van der Waals surface area contributed by atoms with E-state index in [-0.39, 0.29) is 5.91 Å². The van der Waals surface area contributed by atoms with Crippen LogP contribution in [0.1, 0.15) is 13.8 Å². The maximum Gasteiger partial charge on any atom is 0.248 e. The number of hydrogen-bond donors (Lipinski definition) is 0. The average molecular weight is 174 g/mol. The molecule has 1 aliphatic rings. The number of amides is 1. The van der Waals surface area contributed by atoms with Crippen LogP contribution in [0.5, 0.6) is 0 Å². The molecule has 0 spiro atoms. The van der Waals surface area contributed by atoms with E-state index in [0.717, 1.165) is 0 Å². The number of thiocarbonyl (C=S) groups is 1. The first kappa shape index (κ1) is 10.4. The van der Waals surface area contributed by atoms with E-state index in [1.807, 2.05) is 20.9 Å². The molecule has 0 aromatic carbocycles. The van der Waals surface area contributed by atoms with E-state index < -0.39 is 0 Å². The van der Waals surface area contributed by atoms with Crippen LogP contribution >= 0.6 is 12.2 Å². The smallest absolute Gasteiger partial charge is 0.248 e. The third-order valence-electron chi connectivity index (χ3n) is 1.36. The van der Waals surface area contributed by atoms with Gasteiger partial charge in [-0.05, 0) is 12.2 Å². The molecular formula is C7H14N2OS. The Morgan fingerprint density at radius 3 is 1.91 bits per heavy atom. The predicted octanol–water partition coefficient (Wildman–Crippen LogP) is 0.701. The molecule has 1 amide bonds. The molecule has 1 heterocycles. The molecule has 0 aliphatic carbocycles. The van der Waals surface area contributed by atoms with E-state index in [9.17, 15) is 4.79 Å². The molecule has 0 N–H and O–H groups in total. The first-order chi connectivity index (χ1) is 5.13. The number of nitrogens with zero attached hydrogens (tertiary/aromatic N) is 2. The second-order valence-corrected chi connectivity index (χ2v) is 2.46. The number of likely N-dealkylation sites (N-methyl/N-ethyl adjacent to an activating group) is 2. The molecule has 1 rings (SSSR count). The van der Waals surface area contributed by atoms with E-state index in [0.29, 0.717) is 11.7 Å². The Morgan fingerprint density at radius 1 is 1.36 bits per heavy atom. The van der Waals surface area contributed by atoms with Gasteiger partial charge in [0.15, 0.2) is 5.11 Å². The van der Waals surface area contributed by atoms with Gasteiger partial charge in [-0.3, -0.25) is 9.69 Å². The first-order valence-electron chi connectivity index (χ1n) is 3.64. The molecule has 0 unspecified atom stereocenters. The summed E-state index contributed by atoms with van der Waals surface area (Å²) in [4.78, 5) is 14.0. The molecule has 1 saturated heterocycles. The lowest BCUT2D eigenvalue weighted by Crippen LogP contribution is -2.26. The van der Waals surface area contributed by atoms with Crippen LogP contribution in [0.25, 0.3) is 0 Å². The zero-order valence-corrected chi connectivity index (χ0v) is 8.23. The van der Waals surface area contributed by atoms with Crippen LogP contribution in [0.2, 0.25) is 0 Å². The maximum atomic E-state index is 10.8. The molecule has 4 heteroatoms. The van der Waals surface area contributed by atoms with Crippen molar-refractivity contribution in [3.05, 3.63) is 0 Å². The van der Waals surface area contributed by atoms with Crippen LogP contribution in [0.4, 0.5) is 0 Å². The van der Waals surface area contributed by atoms with Gasteiger partial charge in [0.2, 0.25) is 5.91 Å². The summed E-state index contributed by atoms with van der Waals surface area (Å²) in [6, 6.07) is 0. The molecule has 0 atom stereocenters. The Hall–Kier alpha value is -0.640. The van der Waals surface area contributed by atoms with Crippen LogP contribution in [0.15, 0.2) is 0 Å². The summed E-state index contributed by atoms with van der Waals surface area (Å²) in [5, 5.41) is 0.611. The lowest BCUT2D eigenvalue weighted by atomic mass is 10.6. The summed E-state index contributed by atoms with van der Waals surface area (Å²) in [7, 11) is 3.50. The van der Waals surface area contributed by atoms with Crippen LogP contribution in [0.3, 0.4) is 0 Å². The maximum absolute atomic E-state index is 10.8. The third kappa shape index (κ3) is 2.15. The Morgan fingerprint density at radius 2 is 1.82 bits per heavy atom.